The molecule has 0 saturated carbocycles. The van der Waals surface area contributed by atoms with Crippen LogP contribution in [-0.2, 0) is 16.9 Å². The van der Waals surface area contributed by atoms with Crippen molar-refractivity contribution in [3.05, 3.63) is 99.7 Å². The Kier molecular flexibility index (Phi) is 2.91. The minimum Gasteiger partial charge on any atom is -0.478 e. The molecular formula is C22H16O3. The van der Waals surface area contributed by atoms with Gasteiger partial charge in [-0.1, -0.05) is 54.6 Å². The average Bonchev–Trinajstić information content (AvgIpc) is 3.02. The van der Waals surface area contributed by atoms with E-state index in [1.807, 2.05) is 24.3 Å². The molecule has 1 spiro atoms. The molecule has 0 bridgehead atoms. The van der Waals surface area contributed by atoms with Crippen LogP contribution < -0.4 is 0 Å². The smallest absolute Gasteiger partial charge is 0.336 e. The molecule has 5 rings (SSSR count). The van der Waals surface area contributed by atoms with Gasteiger partial charge >= 0.3 is 5.97 Å². The van der Waals surface area contributed by atoms with Gasteiger partial charge in [0.05, 0.1) is 12.2 Å². The molecule has 122 valence electrons. The molecule has 2 aromatic carbocycles. The lowest BCUT2D eigenvalue weighted by molar-refractivity contribution is 0.0241. The lowest BCUT2D eigenvalue weighted by atomic mass is 9.70. The fraction of sp³-hybridized carbons (Fsp3) is 0.136. The maximum Gasteiger partial charge on any atom is 0.336 e. The van der Waals surface area contributed by atoms with Crippen molar-refractivity contribution in [1.82, 2.24) is 0 Å². The van der Waals surface area contributed by atoms with Crippen LogP contribution in [0.15, 0.2) is 71.8 Å². The van der Waals surface area contributed by atoms with Crippen molar-refractivity contribution in [2.75, 3.05) is 0 Å². The van der Waals surface area contributed by atoms with E-state index in [9.17, 15) is 9.90 Å². The number of benzene rings is 2. The summed E-state index contributed by atoms with van der Waals surface area (Å²) in [5.74, 6) is -0.908. The van der Waals surface area contributed by atoms with Crippen LogP contribution in [-0.4, -0.2) is 11.1 Å². The third-order valence-corrected chi connectivity index (χ3v) is 5.32. The number of allylic oxidation sites excluding steroid dienone is 3. The average molecular weight is 328 g/mol. The largest absolute Gasteiger partial charge is 0.478 e. The second kappa shape index (κ2) is 5.04. The lowest BCUT2D eigenvalue weighted by Crippen LogP contribution is -2.34. The summed E-state index contributed by atoms with van der Waals surface area (Å²) in [7, 11) is 0. The van der Waals surface area contributed by atoms with Crippen molar-refractivity contribution in [2.45, 2.75) is 18.6 Å². The minimum absolute atomic E-state index is 0.306. The van der Waals surface area contributed by atoms with E-state index < -0.39 is 11.6 Å². The van der Waals surface area contributed by atoms with E-state index in [2.05, 4.69) is 36.4 Å². The monoisotopic (exact) mass is 328 g/mol. The number of rotatable bonds is 1. The second-order valence-electron chi connectivity index (χ2n) is 6.55. The SMILES string of the molecule is O=C(O)c1cccc2c1COC21C2=CCC=CC2=Cc2ccccc21. The number of carboxylic acids is 1. The lowest BCUT2D eigenvalue weighted by Gasteiger charge is -2.39. The predicted molar refractivity (Wildman–Crippen MR) is 95.2 cm³/mol. The fourth-order valence-electron chi connectivity index (χ4n) is 4.29. The van der Waals surface area contributed by atoms with Crippen LogP contribution in [0.25, 0.3) is 6.08 Å². The van der Waals surface area contributed by atoms with Crippen molar-refractivity contribution < 1.29 is 14.6 Å². The highest BCUT2D eigenvalue weighted by Crippen LogP contribution is 2.54. The Morgan fingerprint density at radius 2 is 1.92 bits per heavy atom. The number of ether oxygens (including phenoxy) is 1. The number of carbonyl (C=O) groups is 1. The second-order valence-corrected chi connectivity index (χ2v) is 6.55. The summed E-state index contributed by atoms with van der Waals surface area (Å²) < 4.78 is 6.43. The van der Waals surface area contributed by atoms with Gasteiger partial charge in [-0.25, -0.2) is 4.79 Å². The summed E-state index contributed by atoms with van der Waals surface area (Å²) in [5, 5.41) is 9.57. The van der Waals surface area contributed by atoms with Gasteiger partial charge in [0.2, 0.25) is 0 Å². The minimum atomic E-state index is -0.908. The molecule has 1 unspecified atom stereocenters. The molecule has 2 aliphatic carbocycles. The number of hydrogen-bond donors (Lipinski definition) is 1. The maximum absolute atomic E-state index is 11.7. The molecule has 3 heteroatoms. The summed E-state index contributed by atoms with van der Waals surface area (Å²) in [6, 6.07) is 13.7. The number of fused-ring (bicyclic) bond motifs is 6. The van der Waals surface area contributed by atoms with E-state index in [-0.39, 0.29) is 0 Å². The molecule has 2 aromatic rings. The van der Waals surface area contributed by atoms with Gasteiger partial charge in [-0.2, -0.15) is 0 Å². The zero-order valence-corrected chi connectivity index (χ0v) is 13.5. The molecule has 1 atom stereocenters. The maximum atomic E-state index is 11.7. The zero-order valence-electron chi connectivity index (χ0n) is 13.5. The van der Waals surface area contributed by atoms with E-state index in [1.54, 1.807) is 6.07 Å². The molecule has 0 saturated heterocycles. The van der Waals surface area contributed by atoms with Crippen molar-refractivity contribution in [1.29, 1.82) is 0 Å². The van der Waals surface area contributed by atoms with Crippen LogP contribution >= 0.6 is 0 Å². The van der Waals surface area contributed by atoms with E-state index in [1.165, 1.54) is 0 Å². The summed E-state index contributed by atoms with van der Waals surface area (Å²) in [5.41, 5.74) is 5.81. The van der Waals surface area contributed by atoms with Gasteiger partial charge in [0.15, 0.2) is 0 Å². The van der Waals surface area contributed by atoms with Crippen LogP contribution in [0, 0.1) is 0 Å². The first kappa shape index (κ1) is 14.4. The van der Waals surface area contributed by atoms with Crippen LogP contribution in [0.1, 0.15) is 39.0 Å². The highest BCUT2D eigenvalue weighted by molar-refractivity contribution is 5.90. The van der Waals surface area contributed by atoms with Gasteiger partial charge in [-0.05, 0) is 46.4 Å². The molecule has 1 heterocycles. The van der Waals surface area contributed by atoms with E-state index in [0.717, 1.165) is 39.8 Å². The first-order valence-electron chi connectivity index (χ1n) is 8.40. The highest BCUT2D eigenvalue weighted by atomic mass is 16.5. The normalized spacial score (nSPS) is 22.7. The van der Waals surface area contributed by atoms with Crippen LogP contribution in [0.5, 0.6) is 0 Å². The number of aromatic carboxylic acids is 1. The molecule has 1 N–H and O–H groups in total. The molecule has 0 amide bonds. The first-order valence-corrected chi connectivity index (χ1v) is 8.40. The third-order valence-electron chi connectivity index (χ3n) is 5.32. The van der Waals surface area contributed by atoms with Gasteiger partial charge in [0.1, 0.15) is 5.60 Å². The van der Waals surface area contributed by atoms with E-state index >= 15 is 0 Å². The van der Waals surface area contributed by atoms with Crippen molar-refractivity contribution in [3.63, 3.8) is 0 Å². The van der Waals surface area contributed by atoms with Crippen LogP contribution in [0.4, 0.5) is 0 Å². The Morgan fingerprint density at radius 3 is 2.80 bits per heavy atom. The quantitative estimate of drug-likeness (QED) is 0.842. The van der Waals surface area contributed by atoms with Crippen LogP contribution in [0.2, 0.25) is 0 Å². The Labute approximate surface area is 145 Å². The third kappa shape index (κ3) is 1.81. The van der Waals surface area contributed by atoms with Crippen LogP contribution in [0.3, 0.4) is 0 Å². The molecular weight excluding hydrogens is 312 g/mol. The molecule has 0 fully saturated rings. The summed E-state index contributed by atoms with van der Waals surface area (Å²) >= 11 is 0. The van der Waals surface area contributed by atoms with Gasteiger partial charge in [0.25, 0.3) is 0 Å². The summed E-state index contributed by atoms with van der Waals surface area (Å²) in [4.78, 5) is 11.7. The molecule has 3 nitrogen and oxygen atoms in total. The summed E-state index contributed by atoms with van der Waals surface area (Å²) in [6.45, 7) is 0.306. The van der Waals surface area contributed by atoms with E-state index in [4.69, 9.17) is 4.74 Å². The summed E-state index contributed by atoms with van der Waals surface area (Å²) in [6.07, 6.45) is 9.51. The number of hydrogen-bond acceptors (Lipinski definition) is 2. The standard InChI is InChI=1S/C22H16O3/c23-21(24)16-8-5-11-20-17(16)13-25-22(20)18-9-3-1-6-14(18)12-15-7-2-4-10-19(15)22/h1-3,5-12H,4,13H2,(H,23,24). The molecule has 3 aliphatic rings. The van der Waals surface area contributed by atoms with Crippen molar-refractivity contribution >= 4 is 12.0 Å². The molecule has 0 radical (unpaired) electrons. The zero-order chi connectivity index (χ0) is 17.0. The van der Waals surface area contributed by atoms with Gasteiger partial charge in [-0.3, -0.25) is 0 Å². The Bertz CT molecular complexity index is 1010. The Hall–Kier alpha value is -2.91. The van der Waals surface area contributed by atoms with Gasteiger partial charge in [0, 0.05) is 5.56 Å². The Morgan fingerprint density at radius 1 is 1.08 bits per heavy atom. The predicted octanol–water partition coefficient (Wildman–Crippen LogP) is 4.44. The fourth-order valence-corrected chi connectivity index (χ4v) is 4.29. The molecule has 25 heavy (non-hydrogen) atoms. The first-order chi connectivity index (χ1) is 12.2. The number of carboxylic acid groups (broad SMARTS) is 1. The Balaban J connectivity index is 1.86. The molecule has 0 aromatic heterocycles. The van der Waals surface area contributed by atoms with Gasteiger partial charge < -0.3 is 9.84 Å². The topological polar surface area (TPSA) is 46.5 Å². The van der Waals surface area contributed by atoms with E-state index in [0.29, 0.717) is 12.2 Å². The van der Waals surface area contributed by atoms with Crippen molar-refractivity contribution in [3.8, 4) is 0 Å². The van der Waals surface area contributed by atoms with Crippen molar-refractivity contribution in [2.24, 2.45) is 0 Å². The van der Waals surface area contributed by atoms with Gasteiger partial charge in [-0.15, -0.1) is 0 Å². The molecule has 1 aliphatic heterocycles. The highest BCUT2D eigenvalue weighted by Gasteiger charge is 2.49.